The molecule has 0 amide bonds. The highest BCUT2D eigenvalue weighted by Crippen LogP contribution is 2.27. The van der Waals surface area contributed by atoms with Crippen molar-refractivity contribution in [2.75, 3.05) is 0 Å². The minimum Gasteiger partial charge on any atom is -0.512 e. The van der Waals surface area contributed by atoms with Crippen LogP contribution >= 0.6 is 0 Å². The molecule has 0 aliphatic carbocycles. The maximum absolute atomic E-state index is 9.81. The van der Waals surface area contributed by atoms with Crippen molar-refractivity contribution in [3.63, 3.8) is 0 Å². The Morgan fingerprint density at radius 3 is 2.48 bits per heavy atom. The van der Waals surface area contributed by atoms with Gasteiger partial charge in [0.25, 0.3) is 0 Å². The lowest BCUT2D eigenvalue weighted by Crippen LogP contribution is -2.10. The van der Waals surface area contributed by atoms with Gasteiger partial charge in [-0.1, -0.05) is 49.8 Å². The number of aliphatic hydroxyl groups excluding tert-OH is 1. The molecule has 0 fully saturated rings. The second-order valence-corrected chi connectivity index (χ2v) is 7.23. The van der Waals surface area contributed by atoms with Gasteiger partial charge in [-0.25, -0.2) is 0 Å². The minimum absolute atomic E-state index is 0.138. The predicted molar refractivity (Wildman–Crippen MR) is 110 cm³/mol. The molecule has 1 aliphatic heterocycles. The van der Waals surface area contributed by atoms with Crippen molar-refractivity contribution < 1.29 is 5.11 Å². The number of aliphatic imine (C=N–C) groups is 1. The van der Waals surface area contributed by atoms with Gasteiger partial charge in [-0.3, -0.25) is 4.99 Å². The highest BCUT2D eigenvalue weighted by molar-refractivity contribution is 6.00. The fourth-order valence-electron chi connectivity index (χ4n) is 3.09. The zero-order valence-corrected chi connectivity index (χ0v) is 16.5. The third kappa shape index (κ3) is 6.69. The number of hydrogen-bond donors (Lipinski definition) is 2. The number of nitrogens with one attached hydrogen (secondary N) is 1. The summed E-state index contributed by atoms with van der Waals surface area (Å²) in [6.07, 6.45) is 10.4. The van der Waals surface area contributed by atoms with Crippen molar-refractivity contribution in [3.8, 4) is 0 Å². The van der Waals surface area contributed by atoms with Crippen LogP contribution in [0, 0.1) is 17.2 Å². The molecule has 1 unspecified atom stereocenters. The third-order valence-electron chi connectivity index (χ3n) is 4.11. The van der Waals surface area contributed by atoms with Gasteiger partial charge in [0.2, 0.25) is 0 Å². The zero-order valence-electron chi connectivity index (χ0n) is 16.5. The normalized spacial score (nSPS) is 19.6. The van der Waals surface area contributed by atoms with E-state index < -0.39 is 0 Å². The molecule has 0 radical (unpaired) electrons. The fourth-order valence-corrected chi connectivity index (χ4v) is 3.09. The second-order valence-electron chi connectivity index (χ2n) is 7.23. The van der Waals surface area contributed by atoms with E-state index in [4.69, 9.17) is 5.41 Å². The molecular formula is C22H32N2O. The quantitative estimate of drug-likeness (QED) is 0.242. The van der Waals surface area contributed by atoms with Crippen molar-refractivity contribution in [2.45, 2.75) is 54.4 Å². The summed E-state index contributed by atoms with van der Waals surface area (Å²) in [7, 11) is 0. The molecule has 1 aliphatic rings. The fraction of sp³-hybridized carbons (Fsp3) is 0.455. The van der Waals surface area contributed by atoms with Gasteiger partial charge in [0.15, 0.2) is 0 Å². The lowest BCUT2D eigenvalue weighted by atomic mass is 9.87. The van der Waals surface area contributed by atoms with Crippen molar-refractivity contribution in [2.24, 2.45) is 16.8 Å². The van der Waals surface area contributed by atoms with Crippen molar-refractivity contribution >= 4 is 11.9 Å². The minimum atomic E-state index is 0.138. The Balaban J connectivity index is 3.01. The van der Waals surface area contributed by atoms with Gasteiger partial charge in [-0.05, 0) is 52.0 Å². The topological polar surface area (TPSA) is 56.4 Å². The first kappa shape index (κ1) is 20.9. The van der Waals surface area contributed by atoms with E-state index in [9.17, 15) is 5.11 Å². The van der Waals surface area contributed by atoms with Gasteiger partial charge in [0, 0.05) is 29.1 Å². The van der Waals surface area contributed by atoms with E-state index in [0.717, 1.165) is 24.1 Å². The summed E-state index contributed by atoms with van der Waals surface area (Å²) < 4.78 is 0. The Labute approximate surface area is 152 Å². The van der Waals surface area contributed by atoms with Crippen LogP contribution in [0.25, 0.3) is 0 Å². The first-order chi connectivity index (χ1) is 11.6. The van der Waals surface area contributed by atoms with E-state index in [1.807, 2.05) is 13.0 Å². The van der Waals surface area contributed by atoms with Gasteiger partial charge in [0.05, 0.1) is 5.76 Å². The Hall–Kier alpha value is -2.16. The predicted octanol–water partition coefficient (Wildman–Crippen LogP) is 6.33. The number of rotatable bonds is 7. The van der Waals surface area contributed by atoms with E-state index in [0.29, 0.717) is 28.7 Å². The van der Waals surface area contributed by atoms with Gasteiger partial charge in [-0.15, -0.1) is 0 Å². The molecule has 0 saturated heterocycles. The van der Waals surface area contributed by atoms with Crippen LogP contribution in [0.2, 0.25) is 0 Å². The molecule has 25 heavy (non-hydrogen) atoms. The van der Waals surface area contributed by atoms with Crippen molar-refractivity contribution in [1.82, 2.24) is 0 Å². The van der Waals surface area contributed by atoms with Crippen LogP contribution in [-0.2, 0) is 0 Å². The maximum Gasteiger partial charge on any atom is 0.0987 e. The smallest absolute Gasteiger partial charge is 0.0987 e. The van der Waals surface area contributed by atoms with E-state index in [2.05, 4.69) is 50.7 Å². The molecule has 3 heteroatoms. The largest absolute Gasteiger partial charge is 0.512 e. The molecule has 2 N–H and O–H groups in total. The molecule has 0 aromatic rings. The molecule has 0 aromatic heterocycles. The molecule has 0 bridgehead atoms. The Kier molecular flexibility index (Phi) is 7.82. The molecule has 0 saturated carbocycles. The molecule has 1 heterocycles. The standard InChI is InChI=1S/C22H32N2O/c1-14(2)10-21(20-9-8-17(5)24-13-20)12-15(3)11-16(4)22(18(6)23)19(7)25/h8,10-11,13-14,20,23,25H,4,9,12H2,1-3,5-7H3/b15-11-,21-10+,22-19-,23-18?. The molecule has 3 nitrogen and oxygen atoms in total. The van der Waals surface area contributed by atoms with Crippen molar-refractivity contribution in [3.05, 3.63) is 58.6 Å². The Bertz CT molecular complexity index is 681. The Morgan fingerprint density at radius 1 is 1.40 bits per heavy atom. The Morgan fingerprint density at radius 2 is 2.04 bits per heavy atom. The summed E-state index contributed by atoms with van der Waals surface area (Å²) in [6.45, 7) is 15.8. The van der Waals surface area contributed by atoms with E-state index >= 15 is 0 Å². The number of aliphatic hydroxyl groups is 1. The van der Waals surface area contributed by atoms with Crippen LogP contribution in [0.4, 0.5) is 0 Å². The molecule has 1 atom stereocenters. The van der Waals surface area contributed by atoms with Crippen molar-refractivity contribution in [1.29, 1.82) is 5.41 Å². The average Bonchev–Trinajstić information content (AvgIpc) is 2.45. The SMILES string of the molecule is C=C(/C=C(/C)C/C(=C\C(C)C)C1C=NC(C)=CC1)/C(C(C)=N)=C(\C)O. The molecule has 1 rings (SSSR count). The number of nitrogens with zero attached hydrogens (tertiary/aromatic N) is 1. The first-order valence-corrected chi connectivity index (χ1v) is 8.85. The first-order valence-electron chi connectivity index (χ1n) is 8.85. The highest BCUT2D eigenvalue weighted by Gasteiger charge is 2.15. The molecule has 136 valence electrons. The van der Waals surface area contributed by atoms with Gasteiger partial charge >= 0.3 is 0 Å². The van der Waals surface area contributed by atoms with Gasteiger partial charge in [0.1, 0.15) is 0 Å². The van der Waals surface area contributed by atoms with Gasteiger partial charge in [-0.2, -0.15) is 0 Å². The van der Waals surface area contributed by atoms with Crippen LogP contribution < -0.4 is 0 Å². The second kappa shape index (κ2) is 9.36. The number of hydrogen-bond acceptors (Lipinski definition) is 3. The van der Waals surface area contributed by atoms with Crippen LogP contribution in [-0.4, -0.2) is 17.0 Å². The van der Waals surface area contributed by atoms with Crippen LogP contribution in [0.15, 0.2) is 63.5 Å². The monoisotopic (exact) mass is 340 g/mol. The summed E-state index contributed by atoms with van der Waals surface area (Å²) in [6, 6.07) is 0. The summed E-state index contributed by atoms with van der Waals surface area (Å²) in [5.41, 5.74) is 5.13. The lowest BCUT2D eigenvalue weighted by molar-refractivity contribution is 0.411. The van der Waals surface area contributed by atoms with E-state index in [1.165, 1.54) is 5.57 Å². The van der Waals surface area contributed by atoms with Gasteiger partial charge < -0.3 is 10.5 Å². The maximum atomic E-state index is 9.81. The zero-order chi connectivity index (χ0) is 19.1. The van der Waals surface area contributed by atoms with Crippen LogP contribution in [0.1, 0.15) is 54.4 Å². The summed E-state index contributed by atoms with van der Waals surface area (Å²) in [4.78, 5) is 4.47. The molecule has 0 aromatic carbocycles. The summed E-state index contributed by atoms with van der Waals surface area (Å²) >= 11 is 0. The van der Waals surface area contributed by atoms with E-state index in [-0.39, 0.29) is 5.76 Å². The number of allylic oxidation sites excluding steroid dienone is 9. The highest BCUT2D eigenvalue weighted by atomic mass is 16.3. The summed E-state index contributed by atoms with van der Waals surface area (Å²) in [5.74, 6) is 0.951. The third-order valence-corrected chi connectivity index (χ3v) is 4.11. The van der Waals surface area contributed by atoms with Crippen LogP contribution in [0.5, 0.6) is 0 Å². The average molecular weight is 341 g/mol. The summed E-state index contributed by atoms with van der Waals surface area (Å²) in [5, 5.41) is 17.6. The molecule has 0 spiro atoms. The lowest BCUT2D eigenvalue weighted by Gasteiger charge is -2.20. The van der Waals surface area contributed by atoms with E-state index in [1.54, 1.807) is 13.8 Å². The molecular weight excluding hydrogens is 308 g/mol. The van der Waals surface area contributed by atoms with Crippen LogP contribution in [0.3, 0.4) is 0 Å².